The summed E-state index contributed by atoms with van der Waals surface area (Å²) < 4.78 is 0. The molecule has 0 aromatic rings. The van der Waals surface area contributed by atoms with Gasteiger partial charge in [-0.15, -0.1) is 0 Å². The molecule has 24 heavy (non-hydrogen) atoms. The van der Waals surface area contributed by atoms with Crippen molar-refractivity contribution in [1.29, 1.82) is 0 Å². The normalized spacial score (nSPS) is 58.5. The fourth-order valence-electron chi connectivity index (χ4n) is 7.97. The van der Waals surface area contributed by atoms with Crippen molar-refractivity contribution in [3.63, 3.8) is 0 Å². The molecule has 0 aromatic heterocycles. The van der Waals surface area contributed by atoms with E-state index in [0.717, 1.165) is 38.0 Å². The van der Waals surface area contributed by atoms with Crippen molar-refractivity contribution in [1.82, 2.24) is 0 Å². The monoisotopic (exact) mass is 336 g/mol. The predicted molar refractivity (Wildman–Crippen MR) is 94.4 cm³/mol. The van der Waals surface area contributed by atoms with Crippen LogP contribution in [0, 0.1) is 34.5 Å². The maximum absolute atomic E-state index is 11.3. The number of hydrogen-bond donors (Lipinski definition) is 3. The Morgan fingerprint density at radius 2 is 1.62 bits per heavy atom. The van der Waals surface area contributed by atoms with Gasteiger partial charge in [-0.25, -0.2) is 0 Å². The van der Waals surface area contributed by atoms with E-state index in [1.165, 1.54) is 25.7 Å². The van der Waals surface area contributed by atoms with Gasteiger partial charge < -0.3 is 15.3 Å². The molecule has 0 bridgehead atoms. The van der Waals surface area contributed by atoms with Crippen molar-refractivity contribution >= 4 is 0 Å². The topological polar surface area (TPSA) is 60.7 Å². The fourth-order valence-corrected chi connectivity index (χ4v) is 7.97. The number of rotatable bonds is 1. The molecule has 4 aliphatic carbocycles. The number of aliphatic hydroxyl groups is 3. The first-order chi connectivity index (χ1) is 11.2. The van der Waals surface area contributed by atoms with Crippen molar-refractivity contribution in [2.24, 2.45) is 34.5 Å². The van der Waals surface area contributed by atoms with Crippen LogP contribution in [0.25, 0.3) is 0 Å². The van der Waals surface area contributed by atoms with Crippen LogP contribution < -0.4 is 0 Å². The first-order valence-electron chi connectivity index (χ1n) is 10.3. The van der Waals surface area contributed by atoms with Gasteiger partial charge in [-0.2, -0.15) is 0 Å². The summed E-state index contributed by atoms with van der Waals surface area (Å²) in [5.74, 6) is 2.69. The summed E-state index contributed by atoms with van der Waals surface area (Å²) in [5.41, 5.74) is -0.641. The molecular formula is C21H36O3. The van der Waals surface area contributed by atoms with Crippen LogP contribution in [-0.2, 0) is 0 Å². The van der Waals surface area contributed by atoms with Crippen LogP contribution in [0.1, 0.15) is 78.6 Å². The van der Waals surface area contributed by atoms with Gasteiger partial charge in [0.15, 0.2) is 0 Å². The molecule has 0 spiro atoms. The number of aliphatic hydroxyl groups excluding tert-OH is 2. The van der Waals surface area contributed by atoms with E-state index in [2.05, 4.69) is 13.8 Å². The van der Waals surface area contributed by atoms with Crippen molar-refractivity contribution in [3.8, 4) is 0 Å². The van der Waals surface area contributed by atoms with Crippen LogP contribution in [0.5, 0.6) is 0 Å². The van der Waals surface area contributed by atoms with Crippen molar-refractivity contribution in [2.75, 3.05) is 0 Å². The molecule has 0 amide bonds. The lowest BCUT2D eigenvalue weighted by Crippen LogP contribution is -2.59. The minimum absolute atomic E-state index is 0.0831. The van der Waals surface area contributed by atoms with E-state index in [-0.39, 0.29) is 11.5 Å². The minimum Gasteiger partial charge on any atom is -0.393 e. The van der Waals surface area contributed by atoms with Crippen LogP contribution in [0.2, 0.25) is 0 Å². The van der Waals surface area contributed by atoms with Crippen LogP contribution in [0.15, 0.2) is 0 Å². The Labute approximate surface area is 146 Å². The lowest BCUT2D eigenvalue weighted by molar-refractivity contribution is -0.186. The first-order valence-corrected chi connectivity index (χ1v) is 10.3. The highest BCUT2D eigenvalue weighted by Gasteiger charge is 2.65. The minimum atomic E-state index is -0.900. The van der Waals surface area contributed by atoms with Crippen LogP contribution in [0.3, 0.4) is 0 Å². The van der Waals surface area contributed by atoms with Crippen molar-refractivity contribution in [2.45, 2.75) is 96.4 Å². The van der Waals surface area contributed by atoms with Gasteiger partial charge in [-0.3, -0.25) is 0 Å². The molecule has 4 rings (SSSR count). The van der Waals surface area contributed by atoms with Gasteiger partial charge in [0.05, 0.1) is 17.8 Å². The second-order valence-corrected chi connectivity index (χ2v) is 10.2. The highest BCUT2D eigenvalue weighted by molar-refractivity contribution is 5.15. The summed E-state index contributed by atoms with van der Waals surface area (Å²) in [6.07, 6.45) is 8.99. The van der Waals surface area contributed by atoms with Crippen LogP contribution in [0.4, 0.5) is 0 Å². The van der Waals surface area contributed by atoms with Gasteiger partial charge in [0, 0.05) is 5.41 Å². The van der Waals surface area contributed by atoms with E-state index >= 15 is 0 Å². The van der Waals surface area contributed by atoms with E-state index in [4.69, 9.17) is 0 Å². The van der Waals surface area contributed by atoms with Crippen LogP contribution >= 0.6 is 0 Å². The molecule has 3 nitrogen and oxygen atoms in total. The van der Waals surface area contributed by atoms with Crippen molar-refractivity contribution in [3.05, 3.63) is 0 Å². The van der Waals surface area contributed by atoms with Crippen molar-refractivity contribution < 1.29 is 15.3 Å². The van der Waals surface area contributed by atoms with Gasteiger partial charge in [-0.05, 0) is 93.8 Å². The molecule has 2 unspecified atom stereocenters. The first kappa shape index (κ1) is 17.3. The zero-order valence-electron chi connectivity index (χ0n) is 15.7. The Kier molecular flexibility index (Phi) is 3.92. The molecular weight excluding hydrogens is 300 g/mol. The van der Waals surface area contributed by atoms with E-state index in [9.17, 15) is 15.3 Å². The molecule has 0 radical (unpaired) electrons. The molecule has 9 atom stereocenters. The van der Waals surface area contributed by atoms with E-state index in [0.29, 0.717) is 23.2 Å². The number of fused-ring (bicyclic) bond motifs is 5. The Hall–Kier alpha value is -0.120. The highest BCUT2D eigenvalue weighted by atomic mass is 16.3. The maximum atomic E-state index is 11.3. The second-order valence-electron chi connectivity index (χ2n) is 10.2. The SMILES string of the molecule is CC(O)[C@@]1(O)CC[C@H]2[C@@H]3CC[C@@H]4CC(O)CC[C@]4(C)[C@@H]3CC[C@@]21C. The summed E-state index contributed by atoms with van der Waals surface area (Å²) in [6.45, 7) is 6.53. The molecule has 138 valence electrons. The van der Waals surface area contributed by atoms with Gasteiger partial charge in [-0.1, -0.05) is 13.8 Å². The van der Waals surface area contributed by atoms with E-state index in [1.54, 1.807) is 6.92 Å². The molecule has 0 aromatic carbocycles. The smallest absolute Gasteiger partial charge is 0.0958 e. The van der Waals surface area contributed by atoms with Gasteiger partial charge in [0.2, 0.25) is 0 Å². The summed E-state index contributed by atoms with van der Waals surface area (Å²) >= 11 is 0. The predicted octanol–water partition coefficient (Wildman–Crippen LogP) is 3.50. The largest absolute Gasteiger partial charge is 0.393 e. The lowest BCUT2D eigenvalue weighted by atomic mass is 9.44. The third kappa shape index (κ3) is 2.07. The Morgan fingerprint density at radius 3 is 2.33 bits per heavy atom. The summed E-state index contributed by atoms with van der Waals surface area (Å²) in [5, 5.41) is 31.7. The zero-order valence-corrected chi connectivity index (χ0v) is 15.7. The van der Waals surface area contributed by atoms with E-state index < -0.39 is 11.7 Å². The average molecular weight is 337 g/mol. The van der Waals surface area contributed by atoms with E-state index in [1.807, 2.05) is 0 Å². The summed E-state index contributed by atoms with van der Waals surface area (Å²) in [4.78, 5) is 0. The molecule has 3 N–H and O–H groups in total. The highest BCUT2D eigenvalue weighted by Crippen LogP contribution is 2.68. The lowest BCUT2D eigenvalue weighted by Gasteiger charge is -2.61. The molecule has 0 heterocycles. The molecule has 4 fully saturated rings. The molecule has 0 saturated heterocycles. The Balaban J connectivity index is 1.63. The van der Waals surface area contributed by atoms with Gasteiger partial charge in [0.1, 0.15) is 0 Å². The standard InChI is InChI=1S/C21H36O3/c1-13(22)21(24)11-8-18-16-5-4-14-12-15(23)6-9-19(14,2)17(16)7-10-20(18,21)3/h13-18,22-24H,4-12H2,1-3H3/t13?,14-,15?,16-,17-,18+,19+,20+,21+/m1/s1. The quantitative estimate of drug-likeness (QED) is 0.687. The van der Waals surface area contributed by atoms with Crippen LogP contribution in [-0.4, -0.2) is 33.1 Å². The second kappa shape index (κ2) is 5.44. The molecule has 0 aliphatic heterocycles. The third-order valence-corrected chi connectivity index (χ3v) is 9.54. The fraction of sp³-hybridized carbons (Fsp3) is 1.00. The molecule has 4 aliphatic rings. The summed E-state index contributed by atoms with van der Waals surface area (Å²) in [7, 11) is 0. The molecule has 3 heteroatoms. The third-order valence-electron chi connectivity index (χ3n) is 9.54. The maximum Gasteiger partial charge on any atom is 0.0958 e. The van der Waals surface area contributed by atoms with Gasteiger partial charge in [0.25, 0.3) is 0 Å². The molecule has 4 saturated carbocycles. The summed E-state index contributed by atoms with van der Waals surface area (Å²) in [6, 6.07) is 0. The number of hydrogen-bond acceptors (Lipinski definition) is 3. The van der Waals surface area contributed by atoms with Gasteiger partial charge >= 0.3 is 0 Å². The Morgan fingerprint density at radius 1 is 0.917 bits per heavy atom. The Bertz CT molecular complexity index is 505. The average Bonchev–Trinajstić information content (AvgIpc) is 2.81. The zero-order chi connectivity index (χ0) is 17.3.